The molecular formula is C18H29NO4. The Hall–Kier alpha value is -0.910. The summed E-state index contributed by atoms with van der Waals surface area (Å²) in [6.45, 7) is 10.8. The molecule has 5 nitrogen and oxygen atoms in total. The van der Waals surface area contributed by atoms with E-state index in [2.05, 4.69) is 11.9 Å². The molecule has 2 saturated heterocycles. The maximum atomic E-state index is 12.7. The zero-order chi connectivity index (χ0) is 16.4. The van der Waals surface area contributed by atoms with Crippen LogP contribution in [0.5, 0.6) is 0 Å². The summed E-state index contributed by atoms with van der Waals surface area (Å²) in [6.07, 6.45) is 3.73. The van der Waals surface area contributed by atoms with Crippen molar-refractivity contribution in [2.45, 2.75) is 57.8 Å². The highest BCUT2D eigenvalue weighted by Crippen LogP contribution is 2.50. The number of rotatable bonds is 5. The molecule has 130 valence electrons. The van der Waals surface area contributed by atoms with Crippen molar-refractivity contribution in [3.8, 4) is 0 Å². The lowest BCUT2D eigenvalue weighted by atomic mass is 9.57. The van der Waals surface area contributed by atoms with Gasteiger partial charge in [-0.2, -0.15) is 0 Å². The van der Waals surface area contributed by atoms with Crippen molar-refractivity contribution in [1.82, 2.24) is 5.32 Å². The third kappa shape index (κ3) is 3.06. The zero-order valence-corrected chi connectivity index (χ0v) is 14.3. The van der Waals surface area contributed by atoms with Crippen molar-refractivity contribution in [3.05, 3.63) is 12.2 Å². The molecule has 3 aliphatic rings. The molecule has 2 aliphatic heterocycles. The minimum Gasteiger partial charge on any atom is -0.381 e. The van der Waals surface area contributed by atoms with Crippen LogP contribution in [-0.2, 0) is 19.0 Å². The molecule has 1 amide bonds. The average Bonchev–Trinajstić information content (AvgIpc) is 3.04. The van der Waals surface area contributed by atoms with E-state index in [4.69, 9.17) is 14.2 Å². The largest absolute Gasteiger partial charge is 0.381 e. The van der Waals surface area contributed by atoms with E-state index in [1.54, 1.807) is 0 Å². The van der Waals surface area contributed by atoms with Gasteiger partial charge in [0.2, 0.25) is 5.91 Å². The van der Waals surface area contributed by atoms with Gasteiger partial charge < -0.3 is 19.5 Å². The first-order valence-corrected chi connectivity index (χ1v) is 8.85. The fraction of sp³-hybridized carbons (Fsp3) is 0.833. The Morgan fingerprint density at radius 1 is 1.35 bits per heavy atom. The van der Waals surface area contributed by atoms with Gasteiger partial charge in [0, 0.05) is 37.9 Å². The van der Waals surface area contributed by atoms with Gasteiger partial charge in [0.05, 0.1) is 18.1 Å². The van der Waals surface area contributed by atoms with Crippen LogP contribution in [0.25, 0.3) is 0 Å². The zero-order valence-electron chi connectivity index (χ0n) is 14.3. The Bertz CT molecular complexity index is 458. The quantitative estimate of drug-likeness (QED) is 0.787. The lowest BCUT2D eigenvalue weighted by Crippen LogP contribution is -2.67. The fourth-order valence-electron chi connectivity index (χ4n) is 4.43. The van der Waals surface area contributed by atoms with Crippen LogP contribution < -0.4 is 5.32 Å². The van der Waals surface area contributed by atoms with Gasteiger partial charge in [-0.15, -0.1) is 0 Å². The van der Waals surface area contributed by atoms with Gasteiger partial charge in [-0.1, -0.05) is 12.2 Å². The molecule has 1 saturated carbocycles. The SMILES string of the molecule is C=C(C)[C@H]1OCC[C@H]1C(=O)N[C@H]1C[C@@H](OCC)C12CCOCC2. The molecule has 3 fully saturated rings. The molecule has 1 N–H and O–H groups in total. The fourth-order valence-corrected chi connectivity index (χ4v) is 4.43. The first-order chi connectivity index (χ1) is 11.1. The van der Waals surface area contributed by atoms with Crippen molar-refractivity contribution in [3.63, 3.8) is 0 Å². The summed E-state index contributed by atoms with van der Waals surface area (Å²) in [5.41, 5.74) is 0.992. The molecule has 0 aromatic heterocycles. The summed E-state index contributed by atoms with van der Waals surface area (Å²) in [5, 5.41) is 3.30. The van der Waals surface area contributed by atoms with Crippen molar-refractivity contribution in [1.29, 1.82) is 0 Å². The molecule has 0 aromatic carbocycles. The van der Waals surface area contributed by atoms with Crippen LogP contribution in [0.3, 0.4) is 0 Å². The maximum absolute atomic E-state index is 12.7. The minimum atomic E-state index is -0.136. The van der Waals surface area contributed by atoms with Gasteiger partial charge in [-0.25, -0.2) is 0 Å². The van der Waals surface area contributed by atoms with Crippen molar-refractivity contribution >= 4 is 5.91 Å². The monoisotopic (exact) mass is 323 g/mol. The van der Waals surface area contributed by atoms with Crippen molar-refractivity contribution in [2.75, 3.05) is 26.4 Å². The number of amides is 1. The van der Waals surface area contributed by atoms with Gasteiger partial charge in [0.15, 0.2) is 0 Å². The molecule has 5 heteroatoms. The smallest absolute Gasteiger partial charge is 0.226 e. The van der Waals surface area contributed by atoms with Crippen LogP contribution in [0.1, 0.15) is 39.5 Å². The highest BCUT2D eigenvalue weighted by atomic mass is 16.5. The van der Waals surface area contributed by atoms with Gasteiger partial charge in [0.1, 0.15) is 0 Å². The molecule has 0 bridgehead atoms. The molecule has 1 aliphatic carbocycles. The second-order valence-corrected chi connectivity index (χ2v) is 7.12. The minimum absolute atomic E-state index is 0.0576. The average molecular weight is 323 g/mol. The Morgan fingerprint density at radius 3 is 2.74 bits per heavy atom. The number of hydrogen-bond acceptors (Lipinski definition) is 4. The number of carbonyl (C=O) groups excluding carboxylic acids is 1. The molecule has 3 rings (SSSR count). The Morgan fingerprint density at radius 2 is 2.09 bits per heavy atom. The summed E-state index contributed by atoms with van der Waals surface area (Å²) in [5.74, 6) is 0.0110. The predicted octanol–water partition coefficient (Wildman–Crippen LogP) is 2.06. The van der Waals surface area contributed by atoms with Crippen LogP contribution in [0.2, 0.25) is 0 Å². The number of ether oxygens (including phenoxy) is 3. The van der Waals surface area contributed by atoms with Crippen LogP contribution >= 0.6 is 0 Å². The van der Waals surface area contributed by atoms with Crippen LogP contribution in [0.15, 0.2) is 12.2 Å². The molecule has 23 heavy (non-hydrogen) atoms. The second-order valence-electron chi connectivity index (χ2n) is 7.12. The van der Waals surface area contributed by atoms with Crippen LogP contribution in [0.4, 0.5) is 0 Å². The molecule has 4 atom stereocenters. The first kappa shape index (κ1) is 16.9. The standard InChI is InChI=1S/C18H29NO4/c1-4-22-15-11-14(18(15)6-9-21-10-7-18)19-17(20)13-5-8-23-16(13)12(2)3/h13-16H,2,4-11H2,1,3H3,(H,19,20)/t13-,14+,15-,16-/m1/s1. The molecule has 0 radical (unpaired) electrons. The van der Waals surface area contributed by atoms with Crippen molar-refractivity contribution < 1.29 is 19.0 Å². The van der Waals surface area contributed by atoms with E-state index in [9.17, 15) is 4.79 Å². The third-order valence-corrected chi connectivity index (χ3v) is 5.81. The lowest BCUT2D eigenvalue weighted by molar-refractivity contribution is -0.176. The number of nitrogens with one attached hydrogen (secondary N) is 1. The van der Waals surface area contributed by atoms with E-state index in [1.807, 2.05) is 13.8 Å². The Kier molecular flexibility index (Phi) is 5.09. The topological polar surface area (TPSA) is 56.8 Å². The molecule has 2 heterocycles. The number of carbonyl (C=O) groups is 1. The predicted molar refractivity (Wildman–Crippen MR) is 87.1 cm³/mol. The third-order valence-electron chi connectivity index (χ3n) is 5.81. The van der Waals surface area contributed by atoms with Gasteiger partial charge in [-0.05, 0) is 39.5 Å². The molecule has 0 aromatic rings. The number of hydrogen-bond donors (Lipinski definition) is 1. The lowest BCUT2D eigenvalue weighted by Gasteiger charge is -2.57. The van der Waals surface area contributed by atoms with E-state index in [0.29, 0.717) is 6.61 Å². The van der Waals surface area contributed by atoms with Gasteiger partial charge >= 0.3 is 0 Å². The summed E-state index contributed by atoms with van der Waals surface area (Å²) < 4.78 is 17.1. The summed E-state index contributed by atoms with van der Waals surface area (Å²) >= 11 is 0. The summed E-state index contributed by atoms with van der Waals surface area (Å²) in [6, 6.07) is 0.196. The van der Waals surface area contributed by atoms with E-state index >= 15 is 0 Å². The van der Waals surface area contributed by atoms with E-state index in [0.717, 1.165) is 51.1 Å². The van der Waals surface area contributed by atoms with Crippen LogP contribution in [-0.4, -0.2) is 50.6 Å². The van der Waals surface area contributed by atoms with Gasteiger partial charge in [-0.3, -0.25) is 4.79 Å². The molecule has 1 spiro atoms. The van der Waals surface area contributed by atoms with E-state index < -0.39 is 0 Å². The highest BCUT2D eigenvalue weighted by molar-refractivity contribution is 5.80. The highest BCUT2D eigenvalue weighted by Gasteiger charge is 2.57. The van der Waals surface area contributed by atoms with E-state index in [1.165, 1.54) is 0 Å². The van der Waals surface area contributed by atoms with E-state index in [-0.39, 0.29) is 35.5 Å². The summed E-state index contributed by atoms with van der Waals surface area (Å²) in [4.78, 5) is 12.7. The van der Waals surface area contributed by atoms with Crippen LogP contribution in [0, 0.1) is 11.3 Å². The maximum Gasteiger partial charge on any atom is 0.226 e. The molecule has 0 unspecified atom stereocenters. The Labute approximate surface area is 138 Å². The Balaban J connectivity index is 1.65. The second kappa shape index (κ2) is 6.91. The molecular weight excluding hydrogens is 294 g/mol. The summed E-state index contributed by atoms with van der Waals surface area (Å²) in [7, 11) is 0. The first-order valence-electron chi connectivity index (χ1n) is 8.85. The normalized spacial score (nSPS) is 35.7. The van der Waals surface area contributed by atoms with Crippen molar-refractivity contribution in [2.24, 2.45) is 11.3 Å². The van der Waals surface area contributed by atoms with Gasteiger partial charge in [0.25, 0.3) is 0 Å².